The quantitative estimate of drug-likeness (QED) is 0.598. The van der Waals surface area contributed by atoms with Gasteiger partial charge >= 0.3 is 0 Å². The summed E-state index contributed by atoms with van der Waals surface area (Å²) in [7, 11) is 1.56. The van der Waals surface area contributed by atoms with Gasteiger partial charge in [0.15, 0.2) is 0 Å². The van der Waals surface area contributed by atoms with Crippen LogP contribution in [0.5, 0.6) is 0 Å². The lowest BCUT2D eigenvalue weighted by Crippen LogP contribution is -2.27. The molecule has 0 bridgehead atoms. The van der Waals surface area contributed by atoms with E-state index in [-0.39, 0.29) is 18.4 Å². The van der Waals surface area contributed by atoms with Crippen molar-refractivity contribution >= 4 is 46.4 Å². The van der Waals surface area contributed by atoms with E-state index in [1.165, 1.54) is 0 Å². The van der Waals surface area contributed by atoms with Crippen LogP contribution in [-0.4, -0.2) is 38.6 Å². The summed E-state index contributed by atoms with van der Waals surface area (Å²) in [6.45, 7) is 0.848. The number of carbonyl (C=O) groups is 2. The maximum atomic E-state index is 12.1. The molecule has 3 N–H and O–H groups in total. The van der Waals surface area contributed by atoms with Crippen LogP contribution in [-0.2, 0) is 9.53 Å². The van der Waals surface area contributed by atoms with E-state index in [1.807, 2.05) is 0 Å². The normalized spacial score (nSPS) is 10.3. The molecule has 0 unspecified atom stereocenters. The van der Waals surface area contributed by atoms with Crippen LogP contribution >= 0.6 is 23.2 Å². The molecule has 0 spiro atoms. The molecule has 0 fully saturated rings. The molecule has 2 rings (SSSR count). The zero-order valence-corrected chi connectivity index (χ0v) is 15.7. The highest BCUT2D eigenvalue weighted by Crippen LogP contribution is 2.25. The lowest BCUT2D eigenvalue weighted by Gasteiger charge is -2.10. The summed E-state index contributed by atoms with van der Waals surface area (Å²) in [6.07, 6.45) is 0. The van der Waals surface area contributed by atoms with Crippen molar-refractivity contribution in [2.45, 2.75) is 0 Å². The number of ether oxygens (including phenoxy) is 1. The molecule has 0 saturated carbocycles. The van der Waals surface area contributed by atoms with Crippen molar-refractivity contribution in [1.82, 2.24) is 5.32 Å². The minimum atomic E-state index is -0.280. The van der Waals surface area contributed by atoms with Gasteiger partial charge in [-0.1, -0.05) is 29.3 Å². The third-order valence-electron chi connectivity index (χ3n) is 3.37. The number of hydrogen-bond donors (Lipinski definition) is 3. The van der Waals surface area contributed by atoms with E-state index in [2.05, 4.69) is 16.0 Å². The van der Waals surface area contributed by atoms with E-state index < -0.39 is 0 Å². The summed E-state index contributed by atoms with van der Waals surface area (Å²) >= 11 is 12.0. The molecular formula is C18H19Cl2N3O3. The Morgan fingerprint density at radius 1 is 1.12 bits per heavy atom. The van der Waals surface area contributed by atoms with Gasteiger partial charge < -0.3 is 20.7 Å². The van der Waals surface area contributed by atoms with Gasteiger partial charge in [0.2, 0.25) is 5.91 Å². The number of rotatable bonds is 8. The van der Waals surface area contributed by atoms with Crippen LogP contribution in [0.4, 0.5) is 11.4 Å². The number of hydrogen-bond acceptors (Lipinski definition) is 4. The summed E-state index contributed by atoms with van der Waals surface area (Å²) in [5, 5.41) is 9.36. The van der Waals surface area contributed by atoms with Crippen LogP contribution in [0.3, 0.4) is 0 Å². The fraction of sp³-hybridized carbons (Fsp3) is 0.222. The lowest BCUT2D eigenvalue weighted by atomic mass is 10.2. The van der Waals surface area contributed by atoms with E-state index in [0.29, 0.717) is 40.1 Å². The molecule has 26 heavy (non-hydrogen) atoms. The monoisotopic (exact) mass is 395 g/mol. The molecule has 2 aromatic rings. The van der Waals surface area contributed by atoms with E-state index in [1.54, 1.807) is 49.6 Å². The topological polar surface area (TPSA) is 79.5 Å². The predicted molar refractivity (Wildman–Crippen MR) is 104 cm³/mol. The smallest absolute Gasteiger partial charge is 0.251 e. The average Bonchev–Trinajstić information content (AvgIpc) is 2.63. The number of methoxy groups -OCH3 is 1. The Morgan fingerprint density at radius 2 is 1.92 bits per heavy atom. The first kappa shape index (κ1) is 20.0. The lowest BCUT2D eigenvalue weighted by molar-refractivity contribution is -0.114. The molecule has 0 heterocycles. The van der Waals surface area contributed by atoms with Crippen molar-refractivity contribution in [2.24, 2.45) is 0 Å². The van der Waals surface area contributed by atoms with E-state index in [9.17, 15) is 9.59 Å². The number of anilines is 2. The Hall–Kier alpha value is -2.28. The largest absolute Gasteiger partial charge is 0.383 e. The van der Waals surface area contributed by atoms with E-state index in [4.69, 9.17) is 27.9 Å². The summed E-state index contributed by atoms with van der Waals surface area (Å²) in [6, 6.07) is 11.6. The van der Waals surface area contributed by atoms with Crippen LogP contribution < -0.4 is 16.0 Å². The Kier molecular flexibility index (Phi) is 7.72. The van der Waals surface area contributed by atoms with Crippen molar-refractivity contribution in [3.8, 4) is 0 Å². The molecule has 138 valence electrons. The van der Waals surface area contributed by atoms with Gasteiger partial charge in [0.05, 0.1) is 23.9 Å². The molecule has 8 heteroatoms. The van der Waals surface area contributed by atoms with Gasteiger partial charge in [0, 0.05) is 29.9 Å². The molecule has 0 aromatic heterocycles. The third-order valence-corrected chi connectivity index (χ3v) is 3.93. The van der Waals surface area contributed by atoms with Crippen molar-refractivity contribution < 1.29 is 14.3 Å². The first-order valence-electron chi connectivity index (χ1n) is 7.85. The fourth-order valence-electron chi connectivity index (χ4n) is 2.12. The molecule has 2 amide bonds. The van der Waals surface area contributed by atoms with Gasteiger partial charge in [-0.15, -0.1) is 0 Å². The molecular weight excluding hydrogens is 377 g/mol. The van der Waals surface area contributed by atoms with Gasteiger partial charge in [-0.2, -0.15) is 0 Å². The van der Waals surface area contributed by atoms with Crippen LogP contribution in [0.2, 0.25) is 10.0 Å². The van der Waals surface area contributed by atoms with Gasteiger partial charge in [-0.05, 0) is 36.4 Å². The maximum Gasteiger partial charge on any atom is 0.251 e. The predicted octanol–water partition coefficient (Wildman–Crippen LogP) is 3.42. The second-order valence-electron chi connectivity index (χ2n) is 5.36. The average molecular weight is 396 g/mol. The van der Waals surface area contributed by atoms with Crippen LogP contribution in [0, 0.1) is 0 Å². The standard InChI is InChI=1S/C18H19Cl2N3O3/c1-26-8-7-21-18(25)12-3-2-4-14(9-12)23-17(24)11-22-16-10-13(19)5-6-15(16)20/h2-6,9-10,22H,7-8,11H2,1H3,(H,21,25)(H,23,24). The summed E-state index contributed by atoms with van der Waals surface area (Å²) in [5.74, 6) is -0.514. The molecule has 0 aliphatic heterocycles. The molecule has 0 aliphatic carbocycles. The highest BCUT2D eigenvalue weighted by Gasteiger charge is 2.08. The van der Waals surface area contributed by atoms with E-state index in [0.717, 1.165) is 0 Å². The van der Waals surface area contributed by atoms with Crippen LogP contribution in [0.15, 0.2) is 42.5 Å². The first-order valence-corrected chi connectivity index (χ1v) is 8.61. The molecule has 6 nitrogen and oxygen atoms in total. The third kappa shape index (κ3) is 6.22. The second kappa shape index (κ2) is 10.0. The van der Waals surface area contributed by atoms with Crippen LogP contribution in [0.1, 0.15) is 10.4 Å². The molecule has 0 atom stereocenters. The Morgan fingerprint density at radius 3 is 2.69 bits per heavy atom. The van der Waals surface area contributed by atoms with Gasteiger partial charge in [-0.25, -0.2) is 0 Å². The molecule has 0 radical (unpaired) electrons. The number of halogens is 2. The zero-order valence-electron chi connectivity index (χ0n) is 14.1. The highest BCUT2D eigenvalue weighted by atomic mass is 35.5. The van der Waals surface area contributed by atoms with E-state index >= 15 is 0 Å². The van der Waals surface area contributed by atoms with Crippen molar-refractivity contribution in [3.05, 3.63) is 58.1 Å². The number of benzene rings is 2. The number of carbonyl (C=O) groups excluding carboxylic acids is 2. The fourth-order valence-corrected chi connectivity index (χ4v) is 2.48. The minimum absolute atomic E-state index is 0.00429. The summed E-state index contributed by atoms with van der Waals surface area (Å²) in [4.78, 5) is 24.1. The van der Waals surface area contributed by atoms with Gasteiger partial charge in [0.1, 0.15) is 0 Å². The molecule has 0 aliphatic rings. The van der Waals surface area contributed by atoms with Crippen LogP contribution in [0.25, 0.3) is 0 Å². The summed E-state index contributed by atoms with van der Waals surface area (Å²) < 4.78 is 4.89. The molecule has 0 saturated heterocycles. The van der Waals surface area contributed by atoms with Gasteiger partial charge in [0.25, 0.3) is 5.91 Å². The Bertz CT molecular complexity index is 784. The highest BCUT2D eigenvalue weighted by molar-refractivity contribution is 6.35. The summed E-state index contributed by atoms with van der Waals surface area (Å²) in [5.41, 5.74) is 1.54. The number of amides is 2. The second-order valence-corrected chi connectivity index (χ2v) is 6.20. The number of nitrogens with one attached hydrogen (secondary N) is 3. The minimum Gasteiger partial charge on any atom is -0.383 e. The SMILES string of the molecule is COCCNC(=O)c1cccc(NC(=O)CNc2cc(Cl)ccc2Cl)c1. The zero-order chi connectivity index (χ0) is 18.9. The van der Waals surface area contributed by atoms with Crippen molar-refractivity contribution in [2.75, 3.05) is 37.4 Å². The first-order chi connectivity index (χ1) is 12.5. The molecule has 2 aromatic carbocycles. The van der Waals surface area contributed by atoms with Gasteiger partial charge in [-0.3, -0.25) is 9.59 Å². The maximum absolute atomic E-state index is 12.1. The Labute approximate surface area is 161 Å². The van der Waals surface area contributed by atoms with Crippen molar-refractivity contribution in [3.63, 3.8) is 0 Å². The Balaban J connectivity index is 1.91. The van der Waals surface area contributed by atoms with Crippen molar-refractivity contribution in [1.29, 1.82) is 0 Å².